The molecule has 0 radical (unpaired) electrons. The molecular weight excluding hydrogens is 1430 g/mol. The Balaban J connectivity index is 2.62. The number of hydrogen-bond acceptors (Lipinski definition) is 13. The summed E-state index contributed by atoms with van der Waals surface area (Å²) in [6.07, 6.45) is -3.83. The lowest BCUT2D eigenvalue weighted by molar-refractivity contribution is -0.118. The Morgan fingerprint density at radius 2 is 0.893 bits per heavy atom. The van der Waals surface area contributed by atoms with Gasteiger partial charge in [0.05, 0.1) is 92.6 Å². The van der Waals surface area contributed by atoms with Crippen LogP contribution in [-0.2, 0) is 9.59 Å². The van der Waals surface area contributed by atoms with Crippen LogP contribution in [0, 0.1) is 21.4 Å². The maximum atomic E-state index is 13.8. The minimum atomic E-state index is -1.28. The molecule has 6 amide bonds. The van der Waals surface area contributed by atoms with Gasteiger partial charge in [-0.05, 0) is 136 Å². The number of amides is 6. The Hall–Kier alpha value is -0.640. The zero-order valence-electron chi connectivity index (χ0n) is 29.1. The Kier molecular flexibility index (Phi) is 22.0. The van der Waals surface area contributed by atoms with Crippen LogP contribution < -0.4 is 21.3 Å². The molecule has 0 aliphatic heterocycles. The summed E-state index contributed by atoms with van der Waals surface area (Å²) in [5, 5.41) is 76.9. The third kappa shape index (κ3) is 13.2. The summed E-state index contributed by atoms with van der Waals surface area (Å²) in [7, 11) is 2.73. The molecule has 11 N–H and O–H groups in total. The molecule has 0 bridgehead atoms. The first kappa shape index (κ1) is 51.5. The molecule has 2 rings (SSSR count). The molecule has 56 heavy (non-hydrogen) atoms. The number of benzene rings is 2. The van der Waals surface area contributed by atoms with Crippen LogP contribution in [0.1, 0.15) is 41.4 Å². The molecule has 2 aromatic carbocycles. The van der Waals surface area contributed by atoms with Crippen molar-refractivity contribution in [3.63, 3.8) is 0 Å². The number of rotatable bonds is 18. The van der Waals surface area contributed by atoms with E-state index in [2.05, 4.69) is 21.3 Å². The Labute approximate surface area is 401 Å². The summed E-state index contributed by atoms with van der Waals surface area (Å²) in [4.78, 5) is 82.5. The molecule has 0 spiro atoms. The number of aliphatic hydroxyl groups excluding tert-OH is 7. The van der Waals surface area contributed by atoms with Crippen molar-refractivity contribution < 1.29 is 64.5 Å². The maximum absolute atomic E-state index is 13.8. The molecule has 19 nitrogen and oxygen atoms in total. The van der Waals surface area contributed by atoms with Gasteiger partial charge in [-0.1, -0.05) is 0 Å². The van der Waals surface area contributed by atoms with E-state index in [-0.39, 0.29) is 74.7 Å². The average molecular weight is 1460 g/mol. The van der Waals surface area contributed by atoms with E-state index in [9.17, 15) is 59.4 Å². The van der Waals surface area contributed by atoms with Crippen molar-refractivity contribution in [1.82, 2.24) is 20.4 Å². The second-order valence-electron chi connectivity index (χ2n) is 11.7. The van der Waals surface area contributed by atoms with E-state index in [0.29, 0.717) is 0 Å². The van der Waals surface area contributed by atoms with Crippen molar-refractivity contribution in [1.29, 1.82) is 0 Å². The topological polar surface area (TPSA) is 299 Å². The number of carbonyl (C=O) groups excluding carboxylic acids is 6. The molecule has 0 saturated heterocycles. The summed E-state index contributed by atoms with van der Waals surface area (Å²) in [5.41, 5.74) is -0.239. The molecule has 310 valence electrons. The van der Waals surface area contributed by atoms with Gasteiger partial charge in [0, 0.05) is 40.9 Å². The zero-order chi connectivity index (χ0) is 42.8. The quantitative estimate of drug-likeness (QED) is 0.0845. The number of aliphatic hydroxyl groups is 7. The van der Waals surface area contributed by atoms with Crippen LogP contribution in [0.25, 0.3) is 0 Å². The third-order valence-electron chi connectivity index (χ3n) is 7.39. The van der Waals surface area contributed by atoms with Crippen LogP contribution in [0.3, 0.4) is 0 Å². The highest BCUT2D eigenvalue weighted by Gasteiger charge is 2.33. The van der Waals surface area contributed by atoms with Crippen LogP contribution in [0.4, 0.5) is 11.4 Å². The monoisotopic (exact) mass is 1460 g/mol. The lowest BCUT2D eigenvalue weighted by Crippen LogP contribution is -2.39. The molecule has 3 atom stereocenters. The van der Waals surface area contributed by atoms with Crippen molar-refractivity contribution in [3.8, 4) is 0 Å². The van der Waals surface area contributed by atoms with Crippen LogP contribution in [0.2, 0.25) is 0 Å². The van der Waals surface area contributed by atoms with Gasteiger partial charge in [0.2, 0.25) is 11.8 Å². The van der Waals surface area contributed by atoms with Crippen LogP contribution in [0.5, 0.6) is 0 Å². The van der Waals surface area contributed by atoms with Crippen molar-refractivity contribution in [2.75, 3.05) is 77.3 Å². The van der Waals surface area contributed by atoms with Gasteiger partial charge in [-0.2, -0.15) is 0 Å². The fourth-order valence-corrected chi connectivity index (χ4v) is 13.4. The van der Waals surface area contributed by atoms with Gasteiger partial charge in [-0.25, -0.2) is 0 Å². The van der Waals surface area contributed by atoms with Gasteiger partial charge in [-0.3, -0.25) is 28.8 Å². The minimum absolute atomic E-state index is 0.0125. The van der Waals surface area contributed by atoms with Crippen LogP contribution in [-0.4, -0.2) is 166 Å². The maximum Gasteiger partial charge on any atom is 0.255 e. The Morgan fingerprint density at radius 1 is 0.536 bits per heavy atom. The van der Waals surface area contributed by atoms with Crippen molar-refractivity contribution in [3.05, 3.63) is 43.7 Å². The lowest BCUT2D eigenvalue weighted by atomic mass is 10.1. The van der Waals surface area contributed by atoms with Gasteiger partial charge in [0.25, 0.3) is 23.6 Å². The summed E-state index contributed by atoms with van der Waals surface area (Å²) in [5.74, 6) is -4.63. The summed E-state index contributed by atoms with van der Waals surface area (Å²) < 4.78 is 0.997. The largest absolute Gasteiger partial charge is 0.394 e. The molecule has 0 heterocycles. The van der Waals surface area contributed by atoms with Gasteiger partial charge >= 0.3 is 0 Å². The zero-order valence-corrected chi connectivity index (χ0v) is 42.1. The predicted molar refractivity (Wildman–Crippen MR) is 251 cm³/mol. The van der Waals surface area contributed by atoms with E-state index in [4.69, 9.17) is 5.11 Å². The summed E-state index contributed by atoms with van der Waals surface area (Å²) in [6, 6.07) is 0. The predicted octanol–water partition coefficient (Wildman–Crippen LogP) is -0.453. The number of carbonyl (C=O) groups is 6. The van der Waals surface area contributed by atoms with Crippen molar-refractivity contribution in [2.45, 2.75) is 18.3 Å². The second kappa shape index (κ2) is 24.0. The van der Waals surface area contributed by atoms with Gasteiger partial charge in [0.15, 0.2) is 0 Å². The SMILES string of the molecule is CN(CC(O)CO)C(=O)c1c(I)c(NC(=O)CNC(=O)c2c(I)c(NC(=O)CO)c(I)c(C(=O)NCC(O)CO)c2I)c(I)c(C(=O)N(C)CC(O)CO)c1I. The average Bonchev–Trinajstić information content (AvgIpc) is 3.15. The van der Waals surface area contributed by atoms with Crippen LogP contribution >= 0.6 is 136 Å². The number of hydrogen-bond donors (Lipinski definition) is 11. The van der Waals surface area contributed by atoms with E-state index >= 15 is 0 Å². The summed E-state index contributed by atoms with van der Waals surface area (Å²) in [6.45, 7) is -4.39. The first-order valence-electron chi connectivity index (χ1n) is 15.7. The number of nitrogens with zero attached hydrogens (tertiary/aromatic N) is 2. The highest BCUT2D eigenvalue weighted by molar-refractivity contribution is 14.1. The molecule has 0 fully saturated rings. The molecule has 0 saturated carbocycles. The normalized spacial score (nSPS) is 12.6. The Morgan fingerprint density at radius 3 is 1.29 bits per heavy atom. The van der Waals surface area contributed by atoms with Crippen LogP contribution in [0.15, 0.2) is 0 Å². The molecule has 2 aromatic rings. The van der Waals surface area contributed by atoms with Gasteiger partial charge in [-0.15, -0.1) is 0 Å². The van der Waals surface area contributed by atoms with Crippen molar-refractivity contribution >= 4 is 182 Å². The van der Waals surface area contributed by atoms with Crippen molar-refractivity contribution in [2.24, 2.45) is 0 Å². The lowest BCUT2D eigenvalue weighted by Gasteiger charge is -2.26. The highest BCUT2D eigenvalue weighted by Crippen LogP contribution is 2.38. The van der Waals surface area contributed by atoms with E-state index in [1.54, 1.807) is 90.4 Å². The fraction of sp³-hybridized carbons (Fsp3) is 0.419. The smallest absolute Gasteiger partial charge is 0.255 e. The first-order valence-corrected chi connectivity index (χ1v) is 22.2. The standard InChI is InChI=1S/C31H36I6N6O13/c1-42(5-12(49)8-45)30(55)18-21(33)19(31(56)43(2)6-13(50)9-46)25(37)27(24(18)36)40-14(51)4-39-29(54)17-20(32)16(28(53)38-3-11(48)7-44)22(34)26(23(17)35)41-15(52)10-47/h11-13,44-50H,3-10H2,1-2H3,(H,38,53)(H,39,54)(H,40,51)(H,41,52). The molecule has 0 aliphatic rings. The minimum Gasteiger partial charge on any atom is -0.394 e. The number of halogens is 6. The highest BCUT2D eigenvalue weighted by atomic mass is 127. The number of nitrogens with one attached hydrogen (secondary N) is 4. The fourth-order valence-electron chi connectivity index (χ4n) is 4.59. The molecule has 3 unspecified atom stereocenters. The first-order chi connectivity index (χ1) is 26.2. The van der Waals surface area contributed by atoms with E-state index in [1.165, 1.54) is 14.1 Å². The van der Waals surface area contributed by atoms with E-state index < -0.39 is 86.7 Å². The molecule has 25 heteroatoms. The number of likely N-dealkylation sites (N-methyl/N-ethyl adjacent to an activating group) is 2. The molecule has 0 aromatic heterocycles. The molecule has 0 aliphatic carbocycles. The van der Waals surface area contributed by atoms with Gasteiger partial charge < -0.3 is 66.8 Å². The van der Waals surface area contributed by atoms with Gasteiger partial charge in [0.1, 0.15) is 6.61 Å². The second-order valence-corrected chi connectivity index (χ2v) is 18.1. The summed E-state index contributed by atoms with van der Waals surface area (Å²) >= 11 is 10.7. The number of anilines is 2. The van der Waals surface area contributed by atoms with E-state index in [1.807, 2.05) is 45.2 Å². The Bertz CT molecular complexity index is 1800. The van der Waals surface area contributed by atoms with E-state index in [0.717, 1.165) is 9.80 Å². The third-order valence-corrected chi connectivity index (χ3v) is 13.9. The molecular formula is C31H36I6N6O13.